The zero-order chi connectivity index (χ0) is 25.5. The number of aromatic nitrogens is 2. The third-order valence-electron chi connectivity index (χ3n) is 5.45. The fourth-order valence-electron chi connectivity index (χ4n) is 3.87. The lowest BCUT2D eigenvalue weighted by Crippen LogP contribution is -2.09. The van der Waals surface area contributed by atoms with Crippen molar-refractivity contribution in [2.45, 2.75) is 20.5 Å². The maximum Gasteiger partial charge on any atom is 0.229 e. The number of hydrogen-bond acceptors (Lipinski definition) is 8. The topological polar surface area (TPSA) is 107 Å². The number of nitrogens with one attached hydrogen (secondary N) is 2. The molecular formula is C28H24N6OS. The number of aryl methyl sites for hydroxylation is 2. The molecule has 7 nitrogen and oxygen atoms in total. The van der Waals surface area contributed by atoms with E-state index >= 15 is 0 Å². The lowest BCUT2D eigenvalue weighted by Gasteiger charge is -2.19. The molecule has 0 fully saturated rings. The molecule has 0 aliphatic carbocycles. The van der Waals surface area contributed by atoms with E-state index in [4.69, 9.17) is 25.2 Å². The summed E-state index contributed by atoms with van der Waals surface area (Å²) in [7, 11) is 1.64. The van der Waals surface area contributed by atoms with Crippen LogP contribution in [0.25, 0.3) is 16.5 Å². The number of ether oxygens (including phenoxy) is 1. The van der Waals surface area contributed by atoms with Crippen LogP contribution in [-0.4, -0.2) is 17.1 Å². The zero-order valence-corrected chi connectivity index (χ0v) is 21.0. The minimum Gasteiger partial charge on any atom is -0.378 e. The van der Waals surface area contributed by atoms with Gasteiger partial charge in [0, 0.05) is 29.4 Å². The largest absolute Gasteiger partial charge is 0.378 e. The number of nitriles is 2. The first-order valence-electron chi connectivity index (χ1n) is 11.2. The first-order valence-corrected chi connectivity index (χ1v) is 12.1. The minimum absolute atomic E-state index is 0.308. The van der Waals surface area contributed by atoms with Gasteiger partial charge in [0.15, 0.2) is 0 Å². The molecule has 0 radical (unpaired) electrons. The number of nitrogens with zero attached hydrogens (tertiary/aromatic N) is 4. The quantitative estimate of drug-likeness (QED) is 0.259. The van der Waals surface area contributed by atoms with E-state index < -0.39 is 0 Å². The Morgan fingerprint density at radius 2 is 1.78 bits per heavy atom. The Morgan fingerprint density at radius 1 is 1.03 bits per heavy atom. The molecule has 4 aromatic rings. The lowest BCUT2D eigenvalue weighted by atomic mass is 10.0. The van der Waals surface area contributed by atoms with E-state index in [0.29, 0.717) is 23.9 Å². The van der Waals surface area contributed by atoms with Gasteiger partial charge in [0.25, 0.3) is 0 Å². The second kappa shape index (κ2) is 11.3. The summed E-state index contributed by atoms with van der Waals surface area (Å²) in [6.07, 6.45) is 3.26. The molecule has 0 spiro atoms. The van der Waals surface area contributed by atoms with E-state index in [9.17, 15) is 0 Å². The van der Waals surface area contributed by atoms with E-state index in [1.54, 1.807) is 36.7 Å². The molecule has 0 aliphatic heterocycles. The first kappa shape index (κ1) is 24.6. The molecule has 0 saturated carbocycles. The highest BCUT2D eigenvalue weighted by molar-refractivity contribution is 7.13. The molecule has 8 heteroatoms. The van der Waals surface area contributed by atoms with E-state index in [-0.39, 0.29) is 0 Å². The van der Waals surface area contributed by atoms with Crippen LogP contribution < -0.4 is 10.6 Å². The molecule has 0 atom stereocenters. The molecular weight excluding hydrogens is 468 g/mol. The van der Waals surface area contributed by atoms with Gasteiger partial charge >= 0.3 is 0 Å². The van der Waals surface area contributed by atoms with Crippen LogP contribution in [0.5, 0.6) is 0 Å². The summed E-state index contributed by atoms with van der Waals surface area (Å²) in [5, 5.41) is 26.8. The van der Waals surface area contributed by atoms with Crippen molar-refractivity contribution in [3.8, 4) is 22.6 Å². The van der Waals surface area contributed by atoms with Gasteiger partial charge < -0.3 is 15.4 Å². The molecule has 2 N–H and O–H groups in total. The normalized spacial score (nSPS) is 10.7. The Morgan fingerprint density at radius 3 is 2.39 bits per heavy atom. The average Bonchev–Trinajstić information content (AvgIpc) is 3.40. The SMILES string of the molecule is COCc1nc(Nc2ccc(C#N)cc2)nc(Nc2c(C)cc(/C=C/C#N)cc2C)c1-c1cccs1. The van der Waals surface area contributed by atoms with E-state index in [2.05, 4.69) is 16.7 Å². The van der Waals surface area contributed by atoms with Crippen molar-refractivity contribution in [2.75, 3.05) is 17.7 Å². The van der Waals surface area contributed by atoms with E-state index in [1.165, 1.54) is 6.08 Å². The molecule has 36 heavy (non-hydrogen) atoms. The molecule has 0 saturated heterocycles. The number of hydrogen-bond donors (Lipinski definition) is 2. The number of anilines is 4. The number of benzene rings is 2. The summed E-state index contributed by atoms with van der Waals surface area (Å²) in [5.41, 5.74) is 6.93. The molecule has 0 unspecified atom stereocenters. The number of thiophene rings is 1. The van der Waals surface area contributed by atoms with Gasteiger partial charge in [0.2, 0.25) is 5.95 Å². The van der Waals surface area contributed by atoms with Gasteiger partial charge in [0.1, 0.15) is 5.82 Å². The summed E-state index contributed by atoms with van der Waals surface area (Å²) in [5.74, 6) is 1.07. The Hall–Kier alpha value is -4.50. The van der Waals surface area contributed by atoms with Gasteiger partial charge in [-0.1, -0.05) is 6.07 Å². The van der Waals surface area contributed by atoms with Crippen LogP contribution in [-0.2, 0) is 11.3 Å². The average molecular weight is 493 g/mol. The second-order valence-electron chi connectivity index (χ2n) is 8.06. The Bertz CT molecular complexity index is 1460. The summed E-state index contributed by atoms with van der Waals surface area (Å²) >= 11 is 1.61. The summed E-state index contributed by atoms with van der Waals surface area (Å²) in [6.45, 7) is 4.36. The van der Waals surface area contributed by atoms with Crippen molar-refractivity contribution in [1.82, 2.24) is 9.97 Å². The van der Waals surface area contributed by atoms with Crippen molar-refractivity contribution in [1.29, 1.82) is 10.5 Å². The summed E-state index contributed by atoms with van der Waals surface area (Å²) < 4.78 is 5.50. The van der Waals surface area contributed by atoms with Crippen LogP contribution in [0.15, 0.2) is 60.0 Å². The van der Waals surface area contributed by atoms with E-state index in [1.807, 2.05) is 61.7 Å². The van der Waals surface area contributed by atoms with Crippen LogP contribution in [0.2, 0.25) is 0 Å². The van der Waals surface area contributed by atoms with Gasteiger partial charge in [0.05, 0.1) is 35.6 Å². The predicted octanol–water partition coefficient (Wildman–Crippen LogP) is 6.86. The van der Waals surface area contributed by atoms with Gasteiger partial charge in [-0.05, 0) is 84.5 Å². The number of methoxy groups -OCH3 is 1. The molecule has 4 rings (SSSR count). The summed E-state index contributed by atoms with van der Waals surface area (Å²) in [4.78, 5) is 10.6. The van der Waals surface area contributed by atoms with Crippen molar-refractivity contribution >= 4 is 40.6 Å². The number of rotatable bonds is 8. The number of allylic oxidation sites excluding steroid dienone is 1. The molecule has 178 valence electrons. The van der Waals surface area contributed by atoms with Crippen LogP contribution in [0.1, 0.15) is 27.9 Å². The second-order valence-corrected chi connectivity index (χ2v) is 9.01. The fraction of sp³-hybridized carbons (Fsp3) is 0.143. The minimum atomic E-state index is 0.308. The smallest absolute Gasteiger partial charge is 0.229 e. The predicted molar refractivity (Wildman–Crippen MR) is 144 cm³/mol. The first-order chi connectivity index (χ1) is 17.5. The van der Waals surface area contributed by atoms with Crippen molar-refractivity contribution in [3.63, 3.8) is 0 Å². The van der Waals surface area contributed by atoms with Crippen LogP contribution >= 0.6 is 11.3 Å². The third-order valence-corrected chi connectivity index (χ3v) is 6.34. The van der Waals surface area contributed by atoms with Crippen LogP contribution in [0.3, 0.4) is 0 Å². The van der Waals surface area contributed by atoms with Crippen molar-refractivity contribution in [2.24, 2.45) is 0 Å². The molecule has 2 aromatic carbocycles. The van der Waals surface area contributed by atoms with E-state index in [0.717, 1.165) is 44.2 Å². The van der Waals surface area contributed by atoms with Gasteiger partial charge in [-0.25, -0.2) is 4.98 Å². The maximum absolute atomic E-state index is 9.08. The maximum atomic E-state index is 9.08. The third kappa shape index (κ3) is 5.59. The van der Waals surface area contributed by atoms with Crippen molar-refractivity contribution < 1.29 is 4.74 Å². The van der Waals surface area contributed by atoms with Crippen molar-refractivity contribution in [3.05, 3.63) is 87.9 Å². The van der Waals surface area contributed by atoms with Gasteiger partial charge in [-0.15, -0.1) is 11.3 Å². The monoisotopic (exact) mass is 492 g/mol. The standard InChI is InChI=1S/C28H24N6OS/c1-18-14-21(6-4-12-29)15-19(2)26(18)33-27-25(24-7-5-13-36-24)23(17-35-3)32-28(34-27)31-22-10-8-20(16-30)9-11-22/h4-11,13-15H,17H2,1-3H3,(H2,31,32,33,34)/b6-4+. The van der Waals surface area contributed by atoms with Gasteiger partial charge in [-0.3, -0.25) is 0 Å². The lowest BCUT2D eigenvalue weighted by molar-refractivity contribution is 0.182. The highest BCUT2D eigenvalue weighted by Gasteiger charge is 2.19. The Balaban J connectivity index is 1.81. The molecule has 2 aromatic heterocycles. The summed E-state index contributed by atoms with van der Waals surface area (Å²) in [6, 6.07) is 19.4. The van der Waals surface area contributed by atoms with Crippen LogP contribution in [0.4, 0.5) is 23.1 Å². The molecule has 2 heterocycles. The van der Waals surface area contributed by atoms with Crippen LogP contribution in [0, 0.1) is 36.5 Å². The zero-order valence-electron chi connectivity index (χ0n) is 20.2. The molecule has 0 amide bonds. The molecule has 0 bridgehead atoms. The van der Waals surface area contributed by atoms with Gasteiger partial charge in [-0.2, -0.15) is 15.5 Å². The Labute approximate surface area is 214 Å². The fourth-order valence-corrected chi connectivity index (χ4v) is 4.67. The Kier molecular flexibility index (Phi) is 7.72. The highest BCUT2D eigenvalue weighted by atomic mass is 32.1. The molecule has 0 aliphatic rings. The highest BCUT2D eigenvalue weighted by Crippen LogP contribution is 2.37.